The van der Waals surface area contributed by atoms with Crippen molar-refractivity contribution in [1.29, 1.82) is 0 Å². The van der Waals surface area contributed by atoms with Crippen LogP contribution in [-0.2, 0) is 4.74 Å². The van der Waals surface area contributed by atoms with Crippen molar-refractivity contribution in [2.75, 3.05) is 13.2 Å². The lowest BCUT2D eigenvalue weighted by molar-refractivity contribution is -0.385. The number of carbonyl (C=O) groups excluding carboxylic acids is 1. The second-order valence-electron chi connectivity index (χ2n) is 8.10. The van der Waals surface area contributed by atoms with Crippen LogP contribution in [0.1, 0.15) is 52.5 Å². The maximum absolute atomic E-state index is 12.3. The summed E-state index contributed by atoms with van der Waals surface area (Å²) in [6.45, 7) is 12.4. The topological polar surface area (TPSA) is 94.8 Å². The molecule has 8 nitrogen and oxygen atoms in total. The Morgan fingerprint density at radius 2 is 2.21 bits per heavy atom. The van der Waals surface area contributed by atoms with Crippen molar-refractivity contribution in [3.63, 3.8) is 0 Å². The Hall–Kier alpha value is -2.64. The second-order valence-corrected chi connectivity index (χ2v) is 8.10. The second kappa shape index (κ2) is 9.03. The van der Waals surface area contributed by atoms with Gasteiger partial charge < -0.3 is 14.4 Å². The zero-order valence-corrected chi connectivity index (χ0v) is 17.0. The highest BCUT2D eigenvalue weighted by Gasteiger charge is 2.31. The van der Waals surface area contributed by atoms with E-state index in [1.807, 2.05) is 27.7 Å². The first-order valence-corrected chi connectivity index (χ1v) is 9.50. The Balaban J connectivity index is 1.85. The highest BCUT2D eigenvalue weighted by atomic mass is 16.6. The van der Waals surface area contributed by atoms with E-state index in [4.69, 9.17) is 9.47 Å². The lowest BCUT2D eigenvalue weighted by Gasteiger charge is -2.38. The molecule has 1 aliphatic heterocycles. The number of ether oxygens (including phenoxy) is 2. The van der Waals surface area contributed by atoms with Crippen LogP contribution in [-0.4, -0.2) is 45.7 Å². The standard InChI is InChI=1S/C20H29N3O5/c1-6-16-12-17(23(25)26)13-21-18(16)27-10-8-15-7-9-22(14(2)11-15)19(24)28-20(3,4)5/h6,12-15H,1,7-11H2,2-5H3/t14-,15-/m0/s1. The molecule has 1 aromatic heterocycles. The number of likely N-dealkylation sites (tertiary alicyclic amines) is 1. The lowest BCUT2D eigenvalue weighted by Crippen LogP contribution is -2.46. The van der Waals surface area contributed by atoms with Crippen LogP contribution < -0.4 is 4.74 Å². The van der Waals surface area contributed by atoms with Crippen LogP contribution in [0, 0.1) is 16.0 Å². The third kappa shape index (κ3) is 5.94. The summed E-state index contributed by atoms with van der Waals surface area (Å²) >= 11 is 0. The van der Waals surface area contributed by atoms with E-state index in [-0.39, 0.29) is 17.8 Å². The molecule has 1 aliphatic rings. The molecule has 1 aromatic rings. The van der Waals surface area contributed by atoms with Gasteiger partial charge in [0.2, 0.25) is 5.88 Å². The number of amides is 1. The maximum Gasteiger partial charge on any atom is 0.410 e. The van der Waals surface area contributed by atoms with Gasteiger partial charge in [-0.25, -0.2) is 9.78 Å². The molecular weight excluding hydrogens is 362 g/mol. The molecule has 1 fully saturated rings. The molecule has 28 heavy (non-hydrogen) atoms. The van der Waals surface area contributed by atoms with Gasteiger partial charge in [0.15, 0.2) is 0 Å². The Labute approximate surface area is 165 Å². The fourth-order valence-electron chi connectivity index (χ4n) is 3.27. The van der Waals surface area contributed by atoms with E-state index in [1.165, 1.54) is 18.3 Å². The summed E-state index contributed by atoms with van der Waals surface area (Å²) in [5, 5.41) is 10.8. The first-order valence-electron chi connectivity index (χ1n) is 9.50. The minimum Gasteiger partial charge on any atom is -0.477 e. The predicted octanol–water partition coefficient (Wildman–Crippen LogP) is 4.44. The number of pyridine rings is 1. The third-order valence-corrected chi connectivity index (χ3v) is 4.67. The average Bonchev–Trinajstić information content (AvgIpc) is 2.60. The summed E-state index contributed by atoms with van der Waals surface area (Å²) in [7, 11) is 0. The largest absolute Gasteiger partial charge is 0.477 e. The Morgan fingerprint density at radius 3 is 2.79 bits per heavy atom. The van der Waals surface area contributed by atoms with Crippen LogP contribution in [0.4, 0.5) is 10.5 Å². The minimum absolute atomic E-state index is 0.0920. The summed E-state index contributed by atoms with van der Waals surface area (Å²) in [4.78, 5) is 28.5. The molecule has 2 heterocycles. The average molecular weight is 391 g/mol. The number of nitro groups is 1. The summed E-state index contributed by atoms with van der Waals surface area (Å²) in [5.74, 6) is 0.777. The SMILES string of the molecule is C=Cc1cc([N+](=O)[O-])cnc1OCC[C@@H]1CCN(C(=O)OC(C)(C)C)[C@@H](C)C1. The molecule has 0 aliphatic carbocycles. The van der Waals surface area contributed by atoms with Crippen molar-refractivity contribution in [3.05, 3.63) is 34.5 Å². The van der Waals surface area contributed by atoms with Gasteiger partial charge >= 0.3 is 6.09 Å². The van der Waals surface area contributed by atoms with Crippen molar-refractivity contribution >= 4 is 17.9 Å². The van der Waals surface area contributed by atoms with E-state index in [0.717, 1.165) is 19.3 Å². The van der Waals surface area contributed by atoms with Gasteiger partial charge in [0.05, 0.1) is 11.5 Å². The maximum atomic E-state index is 12.3. The smallest absolute Gasteiger partial charge is 0.410 e. The van der Waals surface area contributed by atoms with Gasteiger partial charge in [0, 0.05) is 24.2 Å². The van der Waals surface area contributed by atoms with Crippen molar-refractivity contribution < 1.29 is 19.2 Å². The number of rotatable bonds is 6. The molecule has 154 valence electrons. The van der Waals surface area contributed by atoms with Gasteiger partial charge in [0.1, 0.15) is 11.8 Å². The quantitative estimate of drug-likeness (QED) is 0.526. The number of carbonyl (C=O) groups is 1. The number of aromatic nitrogens is 1. The normalized spacial score (nSPS) is 19.8. The molecule has 2 rings (SSSR count). The van der Waals surface area contributed by atoms with Gasteiger partial charge in [-0.3, -0.25) is 10.1 Å². The number of nitrogens with zero attached hydrogens (tertiary/aromatic N) is 3. The first kappa shape index (κ1) is 21.7. The van der Waals surface area contributed by atoms with Crippen molar-refractivity contribution in [3.8, 4) is 5.88 Å². The molecule has 0 unspecified atom stereocenters. The van der Waals surface area contributed by atoms with Crippen molar-refractivity contribution in [1.82, 2.24) is 9.88 Å². The van der Waals surface area contributed by atoms with Gasteiger partial charge in [-0.15, -0.1) is 0 Å². The molecule has 1 saturated heterocycles. The molecule has 0 N–H and O–H groups in total. The van der Waals surface area contributed by atoms with Gasteiger partial charge in [-0.2, -0.15) is 0 Å². The fraction of sp³-hybridized carbons (Fsp3) is 0.600. The molecule has 0 aromatic carbocycles. The van der Waals surface area contributed by atoms with Crippen LogP contribution in [0.25, 0.3) is 6.08 Å². The molecule has 0 radical (unpaired) electrons. The first-order chi connectivity index (χ1) is 13.1. The van der Waals surface area contributed by atoms with Gasteiger partial charge in [0.25, 0.3) is 5.69 Å². The van der Waals surface area contributed by atoms with E-state index in [0.29, 0.717) is 30.5 Å². The Bertz CT molecular complexity index is 729. The Morgan fingerprint density at radius 1 is 1.50 bits per heavy atom. The molecule has 2 atom stereocenters. The molecular formula is C20H29N3O5. The van der Waals surface area contributed by atoms with Crippen LogP contribution >= 0.6 is 0 Å². The monoisotopic (exact) mass is 391 g/mol. The van der Waals surface area contributed by atoms with Gasteiger partial charge in [-0.05, 0) is 52.9 Å². The minimum atomic E-state index is -0.498. The van der Waals surface area contributed by atoms with E-state index >= 15 is 0 Å². The van der Waals surface area contributed by atoms with E-state index in [2.05, 4.69) is 11.6 Å². The highest BCUT2D eigenvalue weighted by molar-refractivity contribution is 5.68. The van der Waals surface area contributed by atoms with E-state index in [9.17, 15) is 14.9 Å². The van der Waals surface area contributed by atoms with Crippen LogP contribution in [0.2, 0.25) is 0 Å². The molecule has 0 spiro atoms. The van der Waals surface area contributed by atoms with Crippen LogP contribution in [0.5, 0.6) is 5.88 Å². The number of hydrogen-bond donors (Lipinski definition) is 0. The summed E-state index contributed by atoms with van der Waals surface area (Å²) in [6, 6.07) is 1.51. The number of piperidine rings is 1. The Kier molecular flexibility index (Phi) is 6.99. The van der Waals surface area contributed by atoms with Crippen molar-refractivity contribution in [2.24, 2.45) is 5.92 Å². The summed E-state index contributed by atoms with van der Waals surface area (Å²) in [6.07, 6.45) is 5.00. The highest BCUT2D eigenvalue weighted by Crippen LogP contribution is 2.28. The zero-order chi connectivity index (χ0) is 20.9. The lowest BCUT2D eigenvalue weighted by atomic mass is 9.89. The van der Waals surface area contributed by atoms with E-state index < -0.39 is 10.5 Å². The van der Waals surface area contributed by atoms with Gasteiger partial charge in [-0.1, -0.05) is 12.7 Å². The molecule has 1 amide bonds. The number of hydrogen-bond acceptors (Lipinski definition) is 6. The summed E-state index contributed by atoms with van der Waals surface area (Å²) < 4.78 is 11.2. The zero-order valence-electron chi connectivity index (χ0n) is 17.0. The fourth-order valence-corrected chi connectivity index (χ4v) is 3.27. The van der Waals surface area contributed by atoms with Crippen LogP contribution in [0.3, 0.4) is 0 Å². The molecule has 0 bridgehead atoms. The van der Waals surface area contributed by atoms with Crippen molar-refractivity contribution in [2.45, 2.75) is 58.6 Å². The third-order valence-electron chi connectivity index (χ3n) is 4.67. The van der Waals surface area contributed by atoms with Crippen LogP contribution in [0.15, 0.2) is 18.8 Å². The molecule has 0 saturated carbocycles. The predicted molar refractivity (Wildman–Crippen MR) is 106 cm³/mol. The van der Waals surface area contributed by atoms with E-state index in [1.54, 1.807) is 4.90 Å². The molecule has 8 heteroatoms. The summed E-state index contributed by atoms with van der Waals surface area (Å²) in [5.41, 5.74) is -0.0878.